The monoisotopic (exact) mass is 252 g/mol. The number of primary amides is 1. The molecule has 0 radical (unpaired) electrons. The van der Waals surface area contributed by atoms with Gasteiger partial charge >= 0.3 is 6.03 Å². The van der Waals surface area contributed by atoms with Crippen LogP contribution in [-0.4, -0.2) is 29.1 Å². The third-order valence-corrected chi connectivity index (χ3v) is 3.87. The first-order valence-electron chi connectivity index (χ1n) is 5.51. The van der Waals surface area contributed by atoms with E-state index in [0.29, 0.717) is 23.4 Å². The van der Waals surface area contributed by atoms with E-state index in [0.717, 1.165) is 6.42 Å². The van der Waals surface area contributed by atoms with Crippen molar-refractivity contribution in [2.75, 3.05) is 12.8 Å². The highest BCUT2D eigenvalue weighted by molar-refractivity contribution is 7.98. The number of hydrogen-bond acceptors (Lipinski definition) is 3. The molecule has 92 valence electrons. The number of thioether (sulfide) groups is 1. The molecule has 0 spiro atoms. The number of benzene rings is 1. The standard InChI is InChI=1S/C12H16N2O2S/c1-17-10-4-2-8(3-5-10)11-6-9(11)7-14(16)12(13)15/h2-5,9,11,16H,6-7H2,1H3,(H2,13,15)/t9-,11-/m0/s1. The molecule has 3 N–H and O–H groups in total. The number of nitrogens with zero attached hydrogens (tertiary/aromatic N) is 1. The number of urea groups is 1. The molecule has 1 aliphatic carbocycles. The highest BCUT2D eigenvalue weighted by Gasteiger charge is 2.39. The number of hydroxylamine groups is 2. The quantitative estimate of drug-likeness (QED) is 0.491. The molecule has 2 atom stereocenters. The van der Waals surface area contributed by atoms with Crippen LogP contribution in [0, 0.1) is 5.92 Å². The Labute approximate surface area is 105 Å². The van der Waals surface area contributed by atoms with E-state index in [1.807, 2.05) is 6.26 Å². The Hall–Kier alpha value is -1.20. The van der Waals surface area contributed by atoms with Crippen molar-refractivity contribution < 1.29 is 10.0 Å². The van der Waals surface area contributed by atoms with E-state index in [9.17, 15) is 10.0 Å². The first kappa shape index (κ1) is 12.3. The summed E-state index contributed by atoms with van der Waals surface area (Å²) in [7, 11) is 0. The lowest BCUT2D eigenvalue weighted by Crippen LogP contribution is -2.34. The van der Waals surface area contributed by atoms with Gasteiger partial charge in [0.25, 0.3) is 0 Å². The van der Waals surface area contributed by atoms with Crippen LogP contribution < -0.4 is 5.73 Å². The van der Waals surface area contributed by atoms with Crippen molar-refractivity contribution >= 4 is 17.8 Å². The van der Waals surface area contributed by atoms with Gasteiger partial charge in [0.1, 0.15) is 0 Å². The average Bonchev–Trinajstić information content (AvgIpc) is 3.08. The highest BCUT2D eigenvalue weighted by atomic mass is 32.2. The second-order valence-corrected chi connectivity index (χ2v) is 5.18. The largest absolute Gasteiger partial charge is 0.350 e. The van der Waals surface area contributed by atoms with E-state index in [4.69, 9.17) is 5.73 Å². The van der Waals surface area contributed by atoms with Gasteiger partial charge in [-0.15, -0.1) is 11.8 Å². The minimum absolute atomic E-state index is 0.324. The maximum absolute atomic E-state index is 10.7. The summed E-state index contributed by atoms with van der Waals surface area (Å²) in [5, 5.41) is 9.84. The van der Waals surface area contributed by atoms with Crippen LogP contribution in [0.3, 0.4) is 0 Å². The van der Waals surface area contributed by atoms with Crippen molar-refractivity contribution in [2.45, 2.75) is 17.2 Å². The molecule has 1 aromatic rings. The van der Waals surface area contributed by atoms with Gasteiger partial charge in [0.05, 0.1) is 6.54 Å². The molecule has 5 heteroatoms. The van der Waals surface area contributed by atoms with Crippen LogP contribution in [0.25, 0.3) is 0 Å². The van der Waals surface area contributed by atoms with Crippen LogP contribution in [0.2, 0.25) is 0 Å². The molecular formula is C12H16N2O2S. The van der Waals surface area contributed by atoms with E-state index in [1.54, 1.807) is 11.8 Å². The smallest absolute Gasteiger partial charge is 0.338 e. The maximum Gasteiger partial charge on any atom is 0.338 e. The molecule has 1 fully saturated rings. The zero-order valence-corrected chi connectivity index (χ0v) is 10.5. The molecule has 0 unspecified atom stereocenters. The Morgan fingerprint density at radius 2 is 2.18 bits per heavy atom. The lowest BCUT2D eigenvalue weighted by molar-refractivity contribution is -0.0431. The molecule has 17 heavy (non-hydrogen) atoms. The van der Waals surface area contributed by atoms with Gasteiger partial charge in [-0.2, -0.15) is 0 Å². The fourth-order valence-corrected chi connectivity index (χ4v) is 2.43. The fraction of sp³-hybridized carbons (Fsp3) is 0.417. The fourth-order valence-electron chi connectivity index (χ4n) is 2.02. The second-order valence-electron chi connectivity index (χ2n) is 4.30. The van der Waals surface area contributed by atoms with E-state index in [2.05, 4.69) is 24.3 Å². The Morgan fingerprint density at radius 1 is 1.53 bits per heavy atom. The lowest BCUT2D eigenvalue weighted by atomic mass is 10.1. The van der Waals surface area contributed by atoms with Crippen LogP contribution in [0.5, 0.6) is 0 Å². The zero-order valence-electron chi connectivity index (χ0n) is 9.67. The number of amides is 2. The predicted octanol–water partition coefficient (Wildman–Crippen LogP) is 2.28. The van der Waals surface area contributed by atoms with Gasteiger partial charge in [0.15, 0.2) is 0 Å². The first-order valence-corrected chi connectivity index (χ1v) is 6.74. The second kappa shape index (κ2) is 4.98. The highest BCUT2D eigenvalue weighted by Crippen LogP contribution is 2.47. The minimum Gasteiger partial charge on any atom is -0.350 e. The van der Waals surface area contributed by atoms with E-state index in [-0.39, 0.29) is 0 Å². The molecule has 4 nitrogen and oxygen atoms in total. The van der Waals surface area contributed by atoms with Crippen LogP contribution >= 0.6 is 11.8 Å². The average molecular weight is 252 g/mol. The van der Waals surface area contributed by atoms with E-state index in [1.165, 1.54) is 10.5 Å². The Balaban J connectivity index is 1.91. The normalized spacial score (nSPS) is 22.2. The molecule has 0 heterocycles. The van der Waals surface area contributed by atoms with Gasteiger partial charge in [-0.25, -0.2) is 9.86 Å². The number of hydrogen-bond donors (Lipinski definition) is 2. The van der Waals surface area contributed by atoms with E-state index >= 15 is 0 Å². The summed E-state index contributed by atoms with van der Waals surface area (Å²) < 4.78 is 0. The summed E-state index contributed by atoms with van der Waals surface area (Å²) in [6.07, 6.45) is 3.05. The molecule has 0 aromatic heterocycles. The Morgan fingerprint density at radius 3 is 2.71 bits per heavy atom. The molecule has 2 amide bonds. The van der Waals surface area contributed by atoms with Gasteiger partial charge < -0.3 is 5.73 Å². The Kier molecular flexibility index (Phi) is 3.59. The third kappa shape index (κ3) is 2.92. The number of carbonyl (C=O) groups is 1. The van der Waals surface area contributed by atoms with Crippen LogP contribution in [0.15, 0.2) is 29.2 Å². The number of nitrogens with two attached hydrogens (primary N) is 1. The third-order valence-electron chi connectivity index (χ3n) is 3.13. The first-order chi connectivity index (χ1) is 8.11. The van der Waals surface area contributed by atoms with Crippen molar-refractivity contribution in [1.29, 1.82) is 0 Å². The summed E-state index contributed by atoms with van der Waals surface area (Å²) in [5.41, 5.74) is 6.24. The van der Waals surface area contributed by atoms with Crippen molar-refractivity contribution in [3.05, 3.63) is 29.8 Å². The molecule has 2 rings (SSSR count). The maximum atomic E-state index is 10.7. The summed E-state index contributed by atoms with van der Waals surface area (Å²) in [6.45, 7) is 0.324. The van der Waals surface area contributed by atoms with Crippen molar-refractivity contribution in [2.24, 2.45) is 11.7 Å². The van der Waals surface area contributed by atoms with Gasteiger partial charge in [0, 0.05) is 4.90 Å². The summed E-state index contributed by atoms with van der Waals surface area (Å²) in [5.74, 6) is 0.771. The van der Waals surface area contributed by atoms with Crippen LogP contribution in [0.4, 0.5) is 4.79 Å². The van der Waals surface area contributed by atoms with Gasteiger partial charge in [-0.3, -0.25) is 5.21 Å². The van der Waals surface area contributed by atoms with Gasteiger partial charge in [0.2, 0.25) is 0 Å². The lowest BCUT2D eigenvalue weighted by Gasteiger charge is -2.11. The summed E-state index contributed by atoms with van der Waals surface area (Å²) in [6, 6.07) is 7.64. The number of carbonyl (C=O) groups excluding carboxylic acids is 1. The summed E-state index contributed by atoms with van der Waals surface area (Å²) >= 11 is 1.72. The van der Waals surface area contributed by atoms with Crippen molar-refractivity contribution in [3.63, 3.8) is 0 Å². The van der Waals surface area contributed by atoms with Gasteiger partial charge in [-0.1, -0.05) is 12.1 Å². The molecule has 1 aliphatic rings. The molecule has 0 bridgehead atoms. The molecule has 0 saturated heterocycles. The van der Waals surface area contributed by atoms with Crippen LogP contribution in [-0.2, 0) is 0 Å². The minimum atomic E-state index is -0.784. The predicted molar refractivity (Wildman–Crippen MR) is 67.1 cm³/mol. The topological polar surface area (TPSA) is 66.6 Å². The summed E-state index contributed by atoms with van der Waals surface area (Å²) in [4.78, 5) is 11.9. The molecule has 1 saturated carbocycles. The number of rotatable bonds is 4. The van der Waals surface area contributed by atoms with Gasteiger partial charge in [-0.05, 0) is 42.2 Å². The zero-order chi connectivity index (χ0) is 12.4. The molecule has 1 aromatic carbocycles. The van der Waals surface area contributed by atoms with Crippen LogP contribution in [0.1, 0.15) is 17.9 Å². The Bertz CT molecular complexity index is 407. The molecule has 0 aliphatic heterocycles. The molecular weight excluding hydrogens is 236 g/mol. The SMILES string of the molecule is CSc1ccc([C@@H]2C[C@H]2CN(O)C(N)=O)cc1. The van der Waals surface area contributed by atoms with E-state index < -0.39 is 6.03 Å². The van der Waals surface area contributed by atoms with Crippen molar-refractivity contribution in [1.82, 2.24) is 5.06 Å². The van der Waals surface area contributed by atoms with Crippen molar-refractivity contribution in [3.8, 4) is 0 Å².